The van der Waals surface area contributed by atoms with E-state index < -0.39 is 0 Å². The molecule has 0 radical (unpaired) electrons. The van der Waals surface area contributed by atoms with E-state index in [1.807, 2.05) is 0 Å². The molecule has 23 heavy (non-hydrogen) atoms. The second-order valence-corrected chi connectivity index (χ2v) is 6.10. The molecule has 2 saturated heterocycles. The molecule has 0 aromatic heterocycles. The van der Waals surface area contributed by atoms with Gasteiger partial charge in [-0.3, -0.25) is 9.59 Å². The molecule has 0 aromatic rings. The highest BCUT2D eigenvalue weighted by atomic mass is 16.6. The largest absolute Gasteiger partial charge is 0.450 e. The number of ketones is 1. The van der Waals surface area contributed by atoms with Crippen molar-refractivity contribution in [3.05, 3.63) is 11.8 Å². The van der Waals surface area contributed by atoms with Gasteiger partial charge in [0, 0.05) is 52.4 Å². The molecule has 2 rings (SSSR count). The molecule has 7 nitrogen and oxygen atoms in total. The summed E-state index contributed by atoms with van der Waals surface area (Å²) in [6, 6.07) is 0.0758. The first kappa shape index (κ1) is 17.3. The van der Waals surface area contributed by atoms with Crippen molar-refractivity contribution in [1.82, 2.24) is 14.7 Å². The van der Waals surface area contributed by atoms with Gasteiger partial charge in [0.25, 0.3) is 5.91 Å². The van der Waals surface area contributed by atoms with E-state index in [-0.39, 0.29) is 29.4 Å². The summed E-state index contributed by atoms with van der Waals surface area (Å²) in [5.41, 5.74) is 0.258. The Balaban J connectivity index is 1.99. The summed E-state index contributed by atoms with van der Waals surface area (Å²) < 4.78 is 5.01. The van der Waals surface area contributed by atoms with E-state index in [0.717, 1.165) is 0 Å². The number of ether oxygens (including phenoxy) is 1. The standard InChI is InChI=1S/C16H25N3O4/c1-4-23-16(22)18-8-5-12(6-9-18)19-10-7-14(20)13(15(19)21)11-17(2)3/h11-12H,4-10H2,1-3H3/b13-11+. The molecule has 0 N–H and O–H groups in total. The normalized spacial score (nSPS) is 21.8. The molecule has 0 unspecified atom stereocenters. The molecule has 2 aliphatic heterocycles. The Bertz CT molecular complexity index is 507. The molecule has 0 spiro atoms. The topological polar surface area (TPSA) is 70.2 Å². The Morgan fingerprint density at radius 2 is 1.91 bits per heavy atom. The van der Waals surface area contributed by atoms with E-state index in [1.54, 1.807) is 41.9 Å². The summed E-state index contributed by atoms with van der Waals surface area (Å²) in [5, 5.41) is 0. The van der Waals surface area contributed by atoms with Gasteiger partial charge in [-0.1, -0.05) is 0 Å². The van der Waals surface area contributed by atoms with E-state index in [4.69, 9.17) is 4.74 Å². The summed E-state index contributed by atoms with van der Waals surface area (Å²) in [5.74, 6) is -0.284. The van der Waals surface area contributed by atoms with Gasteiger partial charge in [0.1, 0.15) is 0 Å². The van der Waals surface area contributed by atoms with Crippen LogP contribution in [0.15, 0.2) is 11.8 Å². The van der Waals surface area contributed by atoms with Crippen LogP contribution in [0.3, 0.4) is 0 Å². The molecule has 2 heterocycles. The number of carbonyl (C=O) groups excluding carboxylic acids is 3. The maximum atomic E-state index is 12.6. The second-order valence-electron chi connectivity index (χ2n) is 6.10. The molecule has 128 valence electrons. The number of nitrogens with zero attached hydrogens (tertiary/aromatic N) is 3. The maximum Gasteiger partial charge on any atom is 0.409 e. The van der Waals surface area contributed by atoms with Gasteiger partial charge in [-0.2, -0.15) is 0 Å². The number of hydrogen-bond donors (Lipinski definition) is 0. The molecule has 7 heteroatoms. The van der Waals surface area contributed by atoms with E-state index >= 15 is 0 Å². The Kier molecular flexibility index (Phi) is 5.63. The lowest BCUT2D eigenvalue weighted by molar-refractivity contribution is -0.136. The third-order valence-electron chi connectivity index (χ3n) is 4.19. The van der Waals surface area contributed by atoms with Crippen LogP contribution in [0, 0.1) is 0 Å². The second kappa shape index (κ2) is 7.48. The highest BCUT2D eigenvalue weighted by molar-refractivity contribution is 6.20. The van der Waals surface area contributed by atoms with Crippen LogP contribution in [0.5, 0.6) is 0 Å². The van der Waals surface area contributed by atoms with Gasteiger partial charge >= 0.3 is 6.09 Å². The number of rotatable bonds is 3. The van der Waals surface area contributed by atoms with Gasteiger partial charge in [-0.25, -0.2) is 4.79 Å². The van der Waals surface area contributed by atoms with Crippen molar-refractivity contribution < 1.29 is 19.1 Å². The summed E-state index contributed by atoms with van der Waals surface area (Å²) in [4.78, 5) is 41.5. The predicted octanol–water partition coefficient (Wildman–Crippen LogP) is 0.854. The van der Waals surface area contributed by atoms with E-state index in [2.05, 4.69) is 0 Å². The average molecular weight is 323 g/mol. The Hall–Kier alpha value is -2.05. The highest BCUT2D eigenvalue weighted by Crippen LogP contribution is 2.23. The molecule has 0 aromatic carbocycles. The molecule has 0 aliphatic carbocycles. The molecular formula is C16H25N3O4. The zero-order valence-corrected chi connectivity index (χ0v) is 14.1. The molecule has 0 atom stereocenters. The zero-order valence-electron chi connectivity index (χ0n) is 14.1. The first-order chi connectivity index (χ1) is 10.9. The maximum absolute atomic E-state index is 12.6. The van der Waals surface area contributed by atoms with Crippen LogP contribution in [0.1, 0.15) is 26.2 Å². The van der Waals surface area contributed by atoms with Crippen LogP contribution in [-0.2, 0) is 14.3 Å². The van der Waals surface area contributed by atoms with Crippen molar-refractivity contribution in [2.45, 2.75) is 32.2 Å². The first-order valence-corrected chi connectivity index (χ1v) is 8.08. The van der Waals surface area contributed by atoms with Gasteiger partial charge < -0.3 is 19.4 Å². The van der Waals surface area contributed by atoms with E-state index in [1.165, 1.54) is 0 Å². The van der Waals surface area contributed by atoms with E-state index in [0.29, 0.717) is 45.5 Å². The fourth-order valence-corrected chi connectivity index (χ4v) is 3.04. The highest BCUT2D eigenvalue weighted by Gasteiger charge is 2.36. The Morgan fingerprint density at radius 3 is 2.48 bits per heavy atom. The number of carbonyl (C=O) groups is 3. The third-order valence-corrected chi connectivity index (χ3v) is 4.19. The predicted molar refractivity (Wildman–Crippen MR) is 84.7 cm³/mol. The minimum absolute atomic E-state index is 0.0758. The molecule has 0 saturated carbocycles. The summed E-state index contributed by atoms with van der Waals surface area (Å²) >= 11 is 0. The molecule has 0 bridgehead atoms. The van der Waals surface area contributed by atoms with Crippen LogP contribution in [-0.4, -0.2) is 78.9 Å². The fourth-order valence-electron chi connectivity index (χ4n) is 3.04. The molecule has 2 fully saturated rings. The van der Waals surface area contributed by atoms with Gasteiger partial charge in [0.15, 0.2) is 5.78 Å². The van der Waals surface area contributed by atoms with Crippen LogP contribution >= 0.6 is 0 Å². The van der Waals surface area contributed by atoms with Crippen molar-refractivity contribution in [2.24, 2.45) is 0 Å². The molecule has 2 aliphatic rings. The van der Waals surface area contributed by atoms with Crippen molar-refractivity contribution in [3.8, 4) is 0 Å². The Labute approximate surface area is 136 Å². The fraction of sp³-hybridized carbons (Fsp3) is 0.688. The average Bonchev–Trinajstić information content (AvgIpc) is 2.52. The number of hydrogen-bond acceptors (Lipinski definition) is 5. The van der Waals surface area contributed by atoms with Crippen molar-refractivity contribution >= 4 is 17.8 Å². The first-order valence-electron chi connectivity index (χ1n) is 8.08. The summed E-state index contributed by atoms with van der Waals surface area (Å²) in [6.07, 6.45) is 3.11. The van der Waals surface area contributed by atoms with Crippen LogP contribution in [0.2, 0.25) is 0 Å². The lowest BCUT2D eigenvalue weighted by atomic mass is 9.96. The molecular weight excluding hydrogens is 298 g/mol. The monoisotopic (exact) mass is 323 g/mol. The lowest BCUT2D eigenvalue weighted by Gasteiger charge is -2.40. The zero-order chi connectivity index (χ0) is 17.0. The number of piperidine rings is 2. The number of amides is 2. The van der Waals surface area contributed by atoms with Crippen molar-refractivity contribution in [3.63, 3.8) is 0 Å². The minimum Gasteiger partial charge on any atom is -0.450 e. The van der Waals surface area contributed by atoms with Crippen molar-refractivity contribution in [2.75, 3.05) is 40.3 Å². The smallest absolute Gasteiger partial charge is 0.409 e. The van der Waals surface area contributed by atoms with Gasteiger partial charge in [-0.05, 0) is 19.8 Å². The SMILES string of the molecule is CCOC(=O)N1CCC(N2CCC(=O)/C(=C\N(C)C)C2=O)CC1. The third kappa shape index (κ3) is 4.03. The molecule has 2 amide bonds. The van der Waals surface area contributed by atoms with Gasteiger partial charge in [0.2, 0.25) is 0 Å². The van der Waals surface area contributed by atoms with Crippen molar-refractivity contribution in [1.29, 1.82) is 0 Å². The van der Waals surface area contributed by atoms with Crippen LogP contribution in [0.25, 0.3) is 0 Å². The number of Topliss-reactive ketones (excluding diaryl/α,β-unsaturated/α-hetero) is 1. The van der Waals surface area contributed by atoms with Gasteiger partial charge in [-0.15, -0.1) is 0 Å². The quantitative estimate of drug-likeness (QED) is 0.569. The minimum atomic E-state index is -0.292. The van der Waals surface area contributed by atoms with Crippen LogP contribution < -0.4 is 0 Å². The summed E-state index contributed by atoms with van der Waals surface area (Å²) in [6.45, 7) is 3.77. The Morgan fingerprint density at radius 1 is 1.26 bits per heavy atom. The van der Waals surface area contributed by atoms with Gasteiger partial charge in [0.05, 0.1) is 12.2 Å². The van der Waals surface area contributed by atoms with Crippen LogP contribution in [0.4, 0.5) is 4.79 Å². The summed E-state index contributed by atoms with van der Waals surface area (Å²) in [7, 11) is 3.59. The number of likely N-dealkylation sites (tertiary alicyclic amines) is 2. The lowest BCUT2D eigenvalue weighted by Crippen LogP contribution is -2.52. The van der Waals surface area contributed by atoms with E-state index in [9.17, 15) is 14.4 Å².